The van der Waals surface area contributed by atoms with Gasteiger partial charge in [-0.05, 0) is 37.7 Å². The number of amides is 4. The van der Waals surface area contributed by atoms with Crippen LogP contribution in [0.4, 0.5) is 0 Å². The summed E-state index contributed by atoms with van der Waals surface area (Å²) in [5, 5.41) is 23.2. The lowest BCUT2D eigenvalue weighted by atomic mass is 10.1. The summed E-state index contributed by atoms with van der Waals surface area (Å²) in [6.07, 6.45) is 2.83. The van der Waals surface area contributed by atoms with Crippen LogP contribution in [0.2, 0.25) is 0 Å². The van der Waals surface area contributed by atoms with E-state index in [0.717, 1.165) is 0 Å². The average molecular weight is 462 g/mol. The van der Waals surface area contributed by atoms with Gasteiger partial charge in [-0.2, -0.15) is 11.8 Å². The van der Waals surface area contributed by atoms with Gasteiger partial charge in [0.05, 0.1) is 12.6 Å². The minimum atomic E-state index is -1.43. The number of aliphatic carboxylic acids is 1. The number of nitrogens with zero attached hydrogens (tertiary/aromatic N) is 1. The van der Waals surface area contributed by atoms with E-state index in [1.807, 2.05) is 6.26 Å². The zero-order valence-electron chi connectivity index (χ0n) is 17.4. The third kappa shape index (κ3) is 8.34. The second kappa shape index (κ2) is 13.1. The molecule has 176 valence electrons. The third-order valence-corrected chi connectivity index (χ3v) is 5.54. The maximum absolute atomic E-state index is 12.7. The molecule has 0 saturated carbocycles. The number of likely N-dealkylation sites (tertiary alicyclic amines) is 1. The molecule has 12 nitrogen and oxygen atoms in total. The quantitative estimate of drug-likeness (QED) is 0.169. The van der Waals surface area contributed by atoms with Crippen molar-refractivity contribution in [3.63, 3.8) is 0 Å². The lowest BCUT2D eigenvalue weighted by molar-refractivity contribution is -0.143. The normalized spacial score (nSPS) is 18.7. The largest absolute Gasteiger partial charge is 0.480 e. The van der Waals surface area contributed by atoms with Gasteiger partial charge in [-0.15, -0.1) is 0 Å². The molecule has 1 aliphatic heterocycles. The van der Waals surface area contributed by atoms with Crippen LogP contribution in [-0.4, -0.2) is 94.0 Å². The number of hydrogen-bond acceptors (Lipinski definition) is 8. The molecule has 0 spiro atoms. The lowest BCUT2D eigenvalue weighted by Gasteiger charge is -2.28. The average Bonchev–Trinajstić information content (AvgIpc) is 3.21. The number of aliphatic hydroxyl groups is 1. The molecule has 1 saturated heterocycles. The van der Waals surface area contributed by atoms with E-state index in [-0.39, 0.29) is 18.7 Å². The first-order chi connectivity index (χ1) is 14.6. The van der Waals surface area contributed by atoms with E-state index in [2.05, 4.69) is 10.6 Å². The number of nitrogens with two attached hydrogens (primary N) is 2. The molecule has 8 N–H and O–H groups in total. The van der Waals surface area contributed by atoms with Gasteiger partial charge in [-0.1, -0.05) is 0 Å². The summed E-state index contributed by atoms with van der Waals surface area (Å²) < 4.78 is 0. The number of nitrogens with one attached hydrogen (secondary N) is 2. The highest BCUT2D eigenvalue weighted by Gasteiger charge is 2.37. The van der Waals surface area contributed by atoms with E-state index in [0.29, 0.717) is 31.6 Å². The fourth-order valence-corrected chi connectivity index (χ4v) is 3.65. The van der Waals surface area contributed by atoms with Gasteiger partial charge in [-0.3, -0.25) is 19.2 Å². The second-order valence-electron chi connectivity index (χ2n) is 7.23. The Balaban J connectivity index is 2.75. The SMILES string of the molecule is CSCCC(N)C(=O)N1CCCC1C(=O)NC(CO)C(=O)NC(CCC(N)=O)C(=O)O. The molecule has 1 fully saturated rings. The molecule has 4 atom stereocenters. The first kappa shape index (κ1) is 26.7. The number of rotatable bonds is 13. The van der Waals surface area contributed by atoms with Crippen LogP contribution in [-0.2, 0) is 24.0 Å². The van der Waals surface area contributed by atoms with Gasteiger partial charge in [-0.25, -0.2) is 4.79 Å². The number of carboxylic acids is 1. The summed E-state index contributed by atoms with van der Waals surface area (Å²) in [7, 11) is 0. The number of thioether (sulfide) groups is 1. The van der Waals surface area contributed by atoms with Crippen LogP contribution in [0.5, 0.6) is 0 Å². The Morgan fingerprint density at radius 3 is 2.39 bits per heavy atom. The van der Waals surface area contributed by atoms with Crippen LogP contribution < -0.4 is 22.1 Å². The van der Waals surface area contributed by atoms with E-state index >= 15 is 0 Å². The molecule has 0 aliphatic carbocycles. The van der Waals surface area contributed by atoms with Crippen LogP contribution >= 0.6 is 11.8 Å². The van der Waals surface area contributed by atoms with E-state index in [9.17, 15) is 34.2 Å². The van der Waals surface area contributed by atoms with Crippen molar-refractivity contribution in [2.75, 3.05) is 25.2 Å². The van der Waals surface area contributed by atoms with Crippen LogP contribution in [0.15, 0.2) is 0 Å². The summed E-state index contributed by atoms with van der Waals surface area (Å²) in [6.45, 7) is -0.429. The molecule has 4 unspecified atom stereocenters. The van der Waals surface area contributed by atoms with Crippen LogP contribution in [0.25, 0.3) is 0 Å². The highest BCUT2D eigenvalue weighted by atomic mass is 32.2. The molecule has 0 bridgehead atoms. The Bertz CT molecular complexity index is 678. The number of hydrogen-bond donors (Lipinski definition) is 6. The monoisotopic (exact) mass is 461 g/mol. The molecular weight excluding hydrogens is 430 g/mol. The van der Waals surface area contributed by atoms with Crippen molar-refractivity contribution in [1.82, 2.24) is 15.5 Å². The Morgan fingerprint density at radius 2 is 1.84 bits per heavy atom. The first-order valence-corrected chi connectivity index (χ1v) is 11.3. The summed E-state index contributed by atoms with van der Waals surface area (Å²) in [5.74, 6) is -3.33. The number of carboxylic acid groups (broad SMARTS) is 1. The van der Waals surface area contributed by atoms with E-state index < -0.39 is 54.5 Å². The van der Waals surface area contributed by atoms with Crippen molar-refractivity contribution >= 4 is 41.4 Å². The highest BCUT2D eigenvalue weighted by molar-refractivity contribution is 7.98. The van der Waals surface area contributed by atoms with Crippen molar-refractivity contribution in [3.05, 3.63) is 0 Å². The minimum absolute atomic E-state index is 0.235. The number of primary amides is 1. The lowest BCUT2D eigenvalue weighted by Crippen LogP contribution is -2.57. The molecule has 1 heterocycles. The fraction of sp³-hybridized carbons (Fsp3) is 0.722. The molecule has 1 rings (SSSR count). The van der Waals surface area contributed by atoms with Gasteiger partial charge in [0, 0.05) is 13.0 Å². The topological polar surface area (TPSA) is 205 Å². The summed E-state index contributed by atoms with van der Waals surface area (Å²) >= 11 is 1.55. The Hall–Kier alpha value is -2.38. The molecule has 4 amide bonds. The standard InChI is InChI=1S/C18H31N5O7S/c1-31-8-6-10(19)17(28)23-7-2-3-13(23)16(27)22-12(9-24)15(26)21-11(18(29)30)4-5-14(20)25/h10-13,24H,2-9,19H2,1H3,(H2,20,25)(H,21,26)(H,22,27)(H,29,30). The first-order valence-electron chi connectivity index (χ1n) is 9.90. The van der Waals surface area contributed by atoms with Crippen LogP contribution in [0, 0.1) is 0 Å². The second-order valence-corrected chi connectivity index (χ2v) is 8.21. The smallest absolute Gasteiger partial charge is 0.326 e. The molecular formula is C18H31N5O7S. The maximum atomic E-state index is 12.7. The Kier molecular flexibility index (Phi) is 11.3. The number of aliphatic hydroxyl groups excluding tert-OH is 1. The molecule has 1 aliphatic rings. The molecule has 0 aromatic rings. The maximum Gasteiger partial charge on any atom is 0.326 e. The minimum Gasteiger partial charge on any atom is -0.480 e. The van der Waals surface area contributed by atoms with Gasteiger partial charge >= 0.3 is 5.97 Å². The van der Waals surface area contributed by atoms with E-state index in [1.54, 1.807) is 11.8 Å². The van der Waals surface area contributed by atoms with E-state index in [1.165, 1.54) is 4.90 Å². The van der Waals surface area contributed by atoms with Crippen LogP contribution in [0.1, 0.15) is 32.1 Å². The van der Waals surface area contributed by atoms with Gasteiger partial charge in [0.1, 0.15) is 18.1 Å². The third-order valence-electron chi connectivity index (χ3n) is 4.90. The predicted molar refractivity (Wildman–Crippen MR) is 113 cm³/mol. The van der Waals surface area contributed by atoms with Crippen LogP contribution in [0.3, 0.4) is 0 Å². The van der Waals surface area contributed by atoms with Gasteiger partial charge < -0.3 is 37.2 Å². The highest BCUT2D eigenvalue weighted by Crippen LogP contribution is 2.19. The Labute approximate surface area is 184 Å². The predicted octanol–water partition coefficient (Wildman–Crippen LogP) is -2.63. The van der Waals surface area contributed by atoms with Gasteiger partial charge in [0.2, 0.25) is 23.6 Å². The zero-order valence-corrected chi connectivity index (χ0v) is 18.2. The van der Waals surface area contributed by atoms with Crippen molar-refractivity contribution < 1.29 is 34.2 Å². The van der Waals surface area contributed by atoms with Crippen molar-refractivity contribution in [2.45, 2.75) is 56.3 Å². The Morgan fingerprint density at radius 1 is 1.16 bits per heavy atom. The fourth-order valence-electron chi connectivity index (χ4n) is 3.16. The van der Waals surface area contributed by atoms with Gasteiger partial charge in [0.15, 0.2) is 0 Å². The molecule has 0 aromatic heterocycles. The molecule has 0 aromatic carbocycles. The summed E-state index contributed by atoms with van der Waals surface area (Å²) in [4.78, 5) is 61.1. The van der Waals surface area contributed by atoms with Crippen molar-refractivity contribution in [3.8, 4) is 0 Å². The molecule has 31 heavy (non-hydrogen) atoms. The number of carbonyl (C=O) groups excluding carboxylic acids is 4. The van der Waals surface area contributed by atoms with Gasteiger partial charge in [0.25, 0.3) is 0 Å². The number of carbonyl (C=O) groups is 5. The molecule has 0 radical (unpaired) electrons. The summed E-state index contributed by atoms with van der Waals surface area (Å²) in [5.41, 5.74) is 10.9. The zero-order chi connectivity index (χ0) is 23.6. The van der Waals surface area contributed by atoms with Crippen molar-refractivity contribution in [2.24, 2.45) is 11.5 Å². The summed E-state index contributed by atoms with van der Waals surface area (Å²) in [6, 6.07) is -4.41. The molecule has 13 heteroatoms. The van der Waals surface area contributed by atoms with Crippen molar-refractivity contribution in [1.29, 1.82) is 0 Å². The van der Waals surface area contributed by atoms with E-state index in [4.69, 9.17) is 11.5 Å².